The summed E-state index contributed by atoms with van der Waals surface area (Å²) in [6, 6.07) is 17.3. The number of nitrogens with two attached hydrogens (primary N) is 1. The Morgan fingerprint density at radius 1 is 1.04 bits per heavy atom. The molecule has 1 unspecified atom stereocenters. The molecular formula is C22H25N3O3. The molecule has 1 atom stereocenters. The van der Waals surface area contributed by atoms with Gasteiger partial charge in [0.25, 0.3) is 0 Å². The maximum atomic E-state index is 12.8. The van der Waals surface area contributed by atoms with Gasteiger partial charge >= 0.3 is 0 Å². The number of fused-ring (bicyclic) bond motifs is 1. The molecule has 1 heterocycles. The first-order chi connectivity index (χ1) is 13.5. The van der Waals surface area contributed by atoms with E-state index in [0.717, 1.165) is 16.8 Å². The first-order valence-corrected chi connectivity index (χ1v) is 9.51. The molecule has 28 heavy (non-hydrogen) atoms. The average Bonchev–Trinajstić information content (AvgIpc) is 2.70. The predicted molar refractivity (Wildman–Crippen MR) is 107 cm³/mol. The average molecular weight is 379 g/mol. The lowest BCUT2D eigenvalue weighted by Crippen LogP contribution is -2.35. The van der Waals surface area contributed by atoms with E-state index in [1.54, 1.807) is 4.90 Å². The van der Waals surface area contributed by atoms with Gasteiger partial charge in [-0.2, -0.15) is 0 Å². The van der Waals surface area contributed by atoms with Crippen molar-refractivity contribution in [2.24, 2.45) is 11.7 Å². The zero-order valence-electron chi connectivity index (χ0n) is 15.8. The van der Waals surface area contributed by atoms with Crippen LogP contribution >= 0.6 is 0 Å². The maximum absolute atomic E-state index is 12.8. The van der Waals surface area contributed by atoms with Gasteiger partial charge < -0.3 is 16.0 Å². The standard InChI is InChI=1S/C22H25N3O3/c23-20(26)12-13-25(15-16-6-2-1-3-7-16)21(27)11-10-18-14-17-8-4-5-9-19(17)24-22(18)28/h1-9,18H,10-15H2,(H2,23,26)(H,24,28). The normalized spacial score (nSPS) is 15.4. The molecule has 2 aromatic carbocycles. The summed E-state index contributed by atoms with van der Waals surface area (Å²) in [6.45, 7) is 0.704. The molecule has 0 radical (unpaired) electrons. The van der Waals surface area contributed by atoms with Gasteiger partial charge in [-0.25, -0.2) is 0 Å². The minimum atomic E-state index is -0.436. The molecule has 3 N–H and O–H groups in total. The molecule has 0 fully saturated rings. The Bertz CT molecular complexity index is 851. The highest BCUT2D eigenvalue weighted by Gasteiger charge is 2.27. The number of carbonyl (C=O) groups excluding carboxylic acids is 3. The van der Waals surface area contributed by atoms with Crippen LogP contribution in [0.1, 0.15) is 30.4 Å². The summed E-state index contributed by atoms with van der Waals surface area (Å²) in [7, 11) is 0. The van der Waals surface area contributed by atoms with Gasteiger partial charge in [-0.1, -0.05) is 48.5 Å². The van der Waals surface area contributed by atoms with Gasteiger partial charge in [0.1, 0.15) is 0 Å². The van der Waals surface area contributed by atoms with Crippen LogP contribution in [0.3, 0.4) is 0 Å². The van der Waals surface area contributed by atoms with Gasteiger partial charge in [-0.3, -0.25) is 14.4 Å². The second-order valence-corrected chi connectivity index (χ2v) is 7.10. The number of nitrogens with one attached hydrogen (secondary N) is 1. The fraction of sp³-hybridized carbons (Fsp3) is 0.318. The molecular weight excluding hydrogens is 354 g/mol. The lowest BCUT2D eigenvalue weighted by molar-refractivity contribution is -0.132. The van der Waals surface area contributed by atoms with Crippen LogP contribution in [0.25, 0.3) is 0 Å². The third-order valence-corrected chi connectivity index (χ3v) is 5.02. The fourth-order valence-electron chi connectivity index (χ4n) is 3.44. The van der Waals surface area contributed by atoms with Crippen molar-refractivity contribution in [3.63, 3.8) is 0 Å². The summed E-state index contributed by atoms with van der Waals surface area (Å²) in [5.41, 5.74) is 8.19. The van der Waals surface area contributed by atoms with Crippen LogP contribution in [0.15, 0.2) is 54.6 Å². The maximum Gasteiger partial charge on any atom is 0.227 e. The molecule has 0 spiro atoms. The zero-order valence-corrected chi connectivity index (χ0v) is 15.8. The summed E-state index contributed by atoms with van der Waals surface area (Å²) in [6.07, 6.45) is 1.48. The van der Waals surface area contributed by atoms with Gasteiger partial charge in [-0.05, 0) is 30.0 Å². The van der Waals surface area contributed by atoms with Crippen molar-refractivity contribution in [2.45, 2.75) is 32.2 Å². The van der Waals surface area contributed by atoms with Crippen molar-refractivity contribution < 1.29 is 14.4 Å². The van der Waals surface area contributed by atoms with E-state index in [9.17, 15) is 14.4 Å². The van der Waals surface area contributed by atoms with E-state index in [-0.39, 0.29) is 37.1 Å². The summed E-state index contributed by atoms with van der Waals surface area (Å²) < 4.78 is 0. The number of benzene rings is 2. The van der Waals surface area contributed by atoms with Crippen molar-refractivity contribution in [2.75, 3.05) is 11.9 Å². The van der Waals surface area contributed by atoms with E-state index >= 15 is 0 Å². The molecule has 6 heteroatoms. The Kier molecular flexibility index (Phi) is 6.42. The molecule has 3 amide bonds. The number of hydrogen-bond donors (Lipinski definition) is 2. The molecule has 0 saturated carbocycles. The van der Waals surface area contributed by atoms with Crippen LogP contribution in [0.2, 0.25) is 0 Å². The van der Waals surface area contributed by atoms with Gasteiger partial charge in [0.2, 0.25) is 17.7 Å². The van der Waals surface area contributed by atoms with Crippen LogP contribution in [-0.4, -0.2) is 29.2 Å². The van der Waals surface area contributed by atoms with Gasteiger partial charge in [0, 0.05) is 37.5 Å². The lowest BCUT2D eigenvalue weighted by atomic mass is 9.89. The quantitative estimate of drug-likeness (QED) is 0.738. The summed E-state index contributed by atoms with van der Waals surface area (Å²) in [5, 5.41) is 2.92. The topological polar surface area (TPSA) is 92.5 Å². The lowest BCUT2D eigenvalue weighted by Gasteiger charge is -2.26. The molecule has 1 aliphatic rings. The number of nitrogens with zero attached hydrogens (tertiary/aromatic N) is 1. The van der Waals surface area contributed by atoms with Crippen LogP contribution < -0.4 is 11.1 Å². The third kappa shape index (κ3) is 5.19. The number of primary amides is 1. The van der Waals surface area contributed by atoms with E-state index in [2.05, 4.69) is 5.32 Å². The van der Waals surface area contributed by atoms with Gasteiger partial charge in [0.15, 0.2) is 0 Å². The molecule has 1 aliphatic heterocycles. The van der Waals surface area contributed by atoms with Crippen molar-refractivity contribution in [3.8, 4) is 0 Å². The molecule has 0 aliphatic carbocycles. The second kappa shape index (κ2) is 9.17. The first-order valence-electron chi connectivity index (χ1n) is 9.51. The highest BCUT2D eigenvalue weighted by atomic mass is 16.2. The van der Waals surface area contributed by atoms with Crippen LogP contribution in [-0.2, 0) is 27.3 Å². The summed E-state index contributed by atoms with van der Waals surface area (Å²) in [4.78, 5) is 38.0. The number of anilines is 1. The molecule has 6 nitrogen and oxygen atoms in total. The van der Waals surface area contributed by atoms with Gasteiger partial charge in [-0.15, -0.1) is 0 Å². The molecule has 3 rings (SSSR count). The Morgan fingerprint density at radius 2 is 1.75 bits per heavy atom. The molecule has 0 aromatic heterocycles. The van der Waals surface area contributed by atoms with E-state index in [1.165, 1.54) is 0 Å². The van der Waals surface area contributed by atoms with E-state index < -0.39 is 5.91 Å². The number of carbonyl (C=O) groups is 3. The number of rotatable bonds is 8. The summed E-state index contributed by atoms with van der Waals surface area (Å²) >= 11 is 0. The second-order valence-electron chi connectivity index (χ2n) is 7.10. The van der Waals surface area contributed by atoms with Crippen LogP contribution in [0.5, 0.6) is 0 Å². The van der Waals surface area contributed by atoms with Crippen molar-refractivity contribution in [1.82, 2.24) is 4.90 Å². The minimum absolute atomic E-state index is 0.0433. The smallest absolute Gasteiger partial charge is 0.227 e. The minimum Gasteiger partial charge on any atom is -0.370 e. The molecule has 146 valence electrons. The first kappa shape index (κ1) is 19.6. The Hall–Kier alpha value is -3.15. The third-order valence-electron chi connectivity index (χ3n) is 5.02. The number of hydrogen-bond acceptors (Lipinski definition) is 3. The van der Waals surface area contributed by atoms with Gasteiger partial charge in [0.05, 0.1) is 0 Å². The van der Waals surface area contributed by atoms with E-state index in [1.807, 2.05) is 54.6 Å². The van der Waals surface area contributed by atoms with E-state index in [0.29, 0.717) is 19.4 Å². The van der Waals surface area contributed by atoms with Crippen molar-refractivity contribution >= 4 is 23.4 Å². The Labute approximate surface area is 164 Å². The summed E-state index contributed by atoms with van der Waals surface area (Å²) in [5.74, 6) is -0.780. The SMILES string of the molecule is NC(=O)CCN(Cc1ccccc1)C(=O)CCC1Cc2ccccc2NC1=O. The predicted octanol–water partition coefficient (Wildman–Crippen LogP) is 2.48. The molecule has 2 aromatic rings. The highest BCUT2D eigenvalue weighted by Crippen LogP contribution is 2.27. The molecule has 0 bridgehead atoms. The van der Waals surface area contributed by atoms with Crippen LogP contribution in [0, 0.1) is 5.92 Å². The van der Waals surface area contributed by atoms with E-state index in [4.69, 9.17) is 5.73 Å². The fourth-order valence-corrected chi connectivity index (χ4v) is 3.44. The molecule has 0 saturated heterocycles. The van der Waals surface area contributed by atoms with Crippen LogP contribution in [0.4, 0.5) is 5.69 Å². The Balaban J connectivity index is 1.61. The Morgan fingerprint density at radius 3 is 2.50 bits per heavy atom. The monoisotopic (exact) mass is 379 g/mol. The number of amides is 3. The number of para-hydroxylation sites is 1. The van der Waals surface area contributed by atoms with Crippen molar-refractivity contribution in [1.29, 1.82) is 0 Å². The largest absolute Gasteiger partial charge is 0.370 e. The van der Waals surface area contributed by atoms with Crippen molar-refractivity contribution in [3.05, 3.63) is 65.7 Å². The zero-order chi connectivity index (χ0) is 19.9. The highest BCUT2D eigenvalue weighted by molar-refractivity contribution is 5.96.